The molecular weight excluding hydrogens is 160 g/mol. The molecule has 1 rings (SSSR count). The van der Waals surface area contributed by atoms with Crippen LogP contribution in [-0.2, 0) is 0 Å². The van der Waals surface area contributed by atoms with Gasteiger partial charge in [0.25, 0.3) is 0 Å². The molecule has 2 heteroatoms. The van der Waals surface area contributed by atoms with Gasteiger partial charge in [-0.05, 0) is 25.0 Å². The van der Waals surface area contributed by atoms with E-state index >= 15 is 0 Å². The summed E-state index contributed by atoms with van der Waals surface area (Å²) in [7, 11) is 0. The van der Waals surface area contributed by atoms with Crippen molar-refractivity contribution >= 4 is 6.21 Å². The van der Waals surface area contributed by atoms with Crippen molar-refractivity contribution in [3.63, 3.8) is 0 Å². The van der Waals surface area contributed by atoms with Crippen molar-refractivity contribution in [2.75, 3.05) is 0 Å². The Kier molecular flexibility index (Phi) is 3.62. The highest BCUT2D eigenvalue weighted by Crippen LogP contribution is 2.04. The van der Waals surface area contributed by atoms with Gasteiger partial charge in [0.05, 0.1) is 5.69 Å². The van der Waals surface area contributed by atoms with Crippen molar-refractivity contribution in [3.8, 4) is 0 Å². The Bertz CT molecular complexity index is 265. The highest BCUT2D eigenvalue weighted by molar-refractivity contribution is 5.76. The second kappa shape index (κ2) is 4.75. The van der Waals surface area contributed by atoms with E-state index in [-0.39, 0.29) is 0 Å². The van der Waals surface area contributed by atoms with E-state index in [1.807, 2.05) is 24.4 Å². The average Bonchev–Trinajstić information content (AvgIpc) is 2.15. The number of pyridine rings is 1. The van der Waals surface area contributed by atoms with Crippen LogP contribution in [0.2, 0.25) is 0 Å². The maximum absolute atomic E-state index is 4.41. The first kappa shape index (κ1) is 9.90. The summed E-state index contributed by atoms with van der Waals surface area (Å²) in [4.78, 5) is 8.57. The zero-order valence-corrected chi connectivity index (χ0v) is 8.44. The molecule has 0 fully saturated rings. The molecule has 0 aromatic carbocycles. The molecule has 0 bridgehead atoms. The number of nitrogens with zero attached hydrogens (tertiary/aromatic N) is 2. The molecule has 0 spiro atoms. The molecule has 0 amide bonds. The van der Waals surface area contributed by atoms with Crippen LogP contribution in [0.15, 0.2) is 29.4 Å². The van der Waals surface area contributed by atoms with E-state index in [0.717, 1.165) is 5.69 Å². The van der Waals surface area contributed by atoms with Crippen molar-refractivity contribution in [3.05, 3.63) is 30.1 Å². The third-order valence-electron chi connectivity index (χ3n) is 2.09. The van der Waals surface area contributed by atoms with Crippen LogP contribution in [0.25, 0.3) is 0 Å². The standard InChI is InChI=1S/C11H16N2/c1-9(2)10(3)13-8-11-6-4-5-7-12-11/h4-10H,1-3H3/t10-/m0/s1. The third kappa shape index (κ3) is 3.36. The van der Waals surface area contributed by atoms with Gasteiger partial charge in [0.2, 0.25) is 0 Å². The van der Waals surface area contributed by atoms with Crippen LogP contribution in [0.4, 0.5) is 0 Å². The molecule has 0 aliphatic rings. The van der Waals surface area contributed by atoms with Crippen LogP contribution in [0.5, 0.6) is 0 Å². The first-order valence-corrected chi connectivity index (χ1v) is 4.64. The SMILES string of the molecule is CC(C)[C@H](C)N=Cc1ccccn1. The minimum Gasteiger partial charge on any atom is -0.288 e. The largest absolute Gasteiger partial charge is 0.288 e. The van der Waals surface area contributed by atoms with E-state index < -0.39 is 0 Å². The Hall–Kier alpha value is -1.18. The summed E-state index contributed by atoms with van der Waals surface area (Å²) >= 11 is 0. The summed E-state index contributed by atoms with van der Waals surface area (Å²) in [6, 6.07) is 6.19. The molecule has 0 saturated carbocycles. The molecule has 13 heavy (non-hydrogen) atoms. The molecule has 1 aromatic rings. The minimum absolute atomic E-state index is 0.363. The van der Waals surface area contributed by atoms with Gasteiger partial charge in [-0.3, -0.25) is 9.98 Å². The van der Waals surface area contributed by atoms with Gasteiger partial charge in [-0.25, -0.2) is 0 Å². The number of hydrogen-bond donors (Lipinski definition) is 0. The van der Waals surface area contributed by atoms with Crippen molar-refractivity contribution in [1.82, 2.24) is 4.98 Å². The van der Waals surface area contributed by atoms with Crippen LogP contribution in [0.3, 0.4) is 0 Å². The van der Waals surface area contributed by atoms with Gasteiger partial charge in [0.1, 0.15) is 0 Å². The Labute approximate surface area is 79.7 Å². The van der Waals surface area contributed by atoms with E-state index in [2.05, 4.69) is 30.7 Å². The first-order valence-electron chi connectivity index (χ1n) is 4.64. The second-order valence-corrected chi connectivity index (χ2v) is 3.52. The number of aliphatic imine (C=N–C) groups is 1. The normalized spacial score (nSPS) is 13.8. The Morgan fingerprint density at radius 1 is 1.31 bits per heavy atom. The molecular formula is C11H16N2. The maximum atomic E-state index is 4.41. The summed E-state index contributed by atoms with van der Waals surface area (Å²) in [6.45, 7) is 6.45. The third-order valence-corrected chi connectivity index (χ3v) is 2.09. The smallest absolute Gasteiger partial charge is 0.0807 e. The summed E-state index contributed by atoms with van der Waals surface area (Å²) in [5.41, 5.74) is 0.926. The van der Waals surface area contributed by atoms with Crippen LogP contribution in [-0.4, -0.2) is 17.2 Å². The fourth-order valence-electron chi connectivity index (χ4n) is 0.818. The predicted molar refractivity (Wildman–Crippen MR) is 56.1 cm³/mol. The van der Waals surface area contributed by atoms with E-state index in [4.69, 9.17) is 0 Å². The minimum atomic E-state index is 0.363. The molecule has 0 aliphatic heterocycles. The van der Waals surface area contributed by atoms with Gasteiger partial charge >= 0.3 is 0 Å². The zero-order valence-electron chi connectivity index (χ0n) is 8.44. The second-order valence-electron chi connectivity index (χ2n) is 3.52. The number of aromatic nitrogens is 1. The van der Waals surface area contributed by atoms with Crippen LogP contribution in [0, 0.1) is 5.92 Å². The van der Waals surface area contributed by atoms with Gasteiger partial charge in [0, 0.05) is 18.5 Å². The molecule has 2 nitrogen and oxygen atoms in total. The van der Waals surface area contributed by atoms with Crippen LogP contribution in [0.1, 0.15) is 26.5 Å². The Morgan fingerprint density at radius 3 is 2.62 bits per heavy atom. The molecule has 0 aliphatic carbocycles. The van der Waals surface area contributed by atoms with E-state index in [9.17, 15) is 0 Å². The molecule has 1 heterocycles. The van der Waals surface area contributed by atoms with E-state index in [1.165, 1.54) is 0 Å². The zero-order chi connectivity index (χ0) is 9.68. The van der Waals surface area contributed by atoms with Crippen molar-refractivity contribution < 1.29 is 0 Å². The molecule has 0 N–H and O–H groups in total. The van der Waals surface area contributed by atoms with Crippen LogP contribution >= 0.6 is 0 Å². The monoisotopic (exact) mass is 176 g/mol. The lowest BCUT2D eigenvalue weighted by Crippen LogP contribution is -2.07. The summed E-state index contributed by atoms with van der Waals surface area (Å²) in [5.74, 6) is 0.583. The van der Waals surface area contributed by atoms with E-state index in [1.54, 1.807) is 6.20 Å². The van der Waals surface area contributed by atoms with Crippen LogP contribution < -0.4 is 0 Å². The fraction of sp³-hybridized carbons (Fsp3) is 0.455. The fourth-order valence-corrected chi connectivity index (χ4v) is 0.818. The summed E-state index contributed by atoms with van der Waals surface area (Å²) < 4.78 is 0. The lowest BCUT2D eigenvalue weighted by molar-refractivity contribution is 0.533. The van der Waals surface area contributed by atoms with Crippen molar-refractivity contribution in [2.45, 2.75) is 26.8 Å². The number of hydrogen-bond acceptors (Lipinski definition) is 2. The van der Waals surface area contributed by atoms with Gasteiger partial charge in [-0.2, -0.15) is 0 Å². The Morgan fingerprint density at radius 2 is 2.08 bits per heavy atom. The maximum Gasteiger partial charge on any atom is 0.0807 e. The summed E-state index contributed by atoms with van der Waals surface area (Å²) in [5, 5.41) is 0. The highest BCUT2D eigenvalue weighted by atomic mass is 14.8. The summed E-state index contributed by atoms with van der Waals surface area (Å²) in [6.07, 6.45) is 3.62. The molecule has 0 unspecified atom stereocenters. The van der Waals surface area contributed by atoms with Crippen molar-refractivity contribution in [1.29, 1.82) is 0 Å². The molecule has 1 atom stereocenters. The van der Waals surface area contributed by atoms with Gasteiger partial charge in [-0.1, -0.05) is 19.9 Å². The van der Waals surface area contributed by atoms with Gasteiger partial charge in [-0.15, -0.1) is 0 Å². The average molecular weight is 176 g/mol. The molecule has 1 aromatic heterocycles. The lowest BCUT2D eigenvalue weighted by atomic mass is 10.1. The predicted octanol–water partition coefficient (Wildman–Crippen LogP) is 2.55. The van der Waals surface area contributed by atoms with Gasteiger partial charge in [0.15, 0.2) is 0 Å². The quantitative estimate of drug-likeness (QED) is 0.650. The molecule has 70 valence electrons. The molecule has 0 radical (unpaired) electrons. The van der Waals surface area contributed by atoms with Crippen molar-refractivity contribution in [2.24, 2.45) is 10.9 Å². The van der Waals surface area contributed by atoms with E-state index in [0.29, 0.717) is 12.0 Å². The Balaban J connectivity index is 2.59. The van der Waals surface area contributed by atoms with Gasteiger partial charge < -0.3 is 0 Å². The molecule has 0 saturated heterocycles. The highest BCUT2D eigenvalue weighted by Gasteiger charge is 2.02. The lowest BCUT2D eigenvalue weighted by Gasteiger charge is -2.08. The first-order chi connectivity index (χ1) is 6.20. The topological polar surface area (TPSA) is 25.2 Å². The number of rotatable bonds is 3.